The predicted octanol–water partition coefficient (Wildman–Crippen LogP) is 1.87. The van der Waals surface area contributed by atoms with E-state index < -0.39 is 15.7 Å². The summed E-state index contributed by atoms with van der Waals surface area (Å²) in [5, 5.41) is 15.9. The molecule has 0 spiro atoms. The van der Waals surface area contributed by atoms with Gasteiger partial charge in [-0.15, -0.1) is 0 Å². The number of aliphatic hydroxyl groups excluding tert-OH is 1. The number of aliphatic hydroxyl groups is 1. The Morgan fingerprint density at radius 3 is 2.94 bits per heavy atom. The van der Waals surface area contributed by atoms with Crippen molar-refractivity contribution in [3.63, 3.8) is 0 Å². The number of rotatable bonds is 10. The first-order chi connectivity index (χ1) is 16.7. The number of hydrogen-bond acceptors (Lipinski definition) is 8. The molecular formula is C23H28FN5O5S. The number of aromatic nitrogens is 3. The molecule has 0 saturated carbocycles. The van der Waals surface area contributed by atoms with Gasteiger partial charge in [-0.1, -0.05) is 0 Å². The Morgan fingerprint density at radius 1 is 1.34 bits per heavy atom. The van der Waals surface area contributed by atoms with Crippen LogP contribution in [0, 0.1) is 11.7 Å². The van der Waals surface area contributed by atoms with Crippen molar-refractivity contribution in [1.82, 2.24) is 20.3 Å². The number of ether oxygens (including phenoxy) is 1. The van der Waals surface area contributed by atoms with E-state index in [4.69, 9.17) is 9.84 Å². The van der Waals surface area contributed by atoms with Crippen molar-refractivity contribution in [3.8, 4) is 5.75 Å². The normalized spacial score (nSPS) is 15.6. The van der Waals surface area contributed by atoms with E-state index in [9.17, 15) is 17.6 Å². The molecule has 0 bridgehead atoms. The van der Waals surface area contributed by atoms with Gasteiger partial charge >= 0.3 is 0 Å². The third-order valence-corrected chi connectivity index (χ3v) is 6.91. The Bertz CT molecular complexity index is 1330. The average Bonchev–Trinajstić information content (AvgIpc) is 3.20. The Kier molecular flexibility index (Phi) is 7.51. The van der Waals surface area contributed by atoms with Crippen LogP contribution in [0.1, 0.15) is 24.1 Å². The lowest BCUT2D eigenvalue weighted by molar-refractivity contribution is -0.125. The van der Waals surface area contributed by atoms with E-state index in [0.29, 0.717) is 49.4 Å². The molecule has 10 nitrogen and oxygen atoms in total. The number of amides is 1. The van der Waals surface area contributed by atoms with Gasteiger partial charge in [-0.05, 0) is 43.4 Å². The van der Waals surface area contributed by atoms with Gasteiger partial charge in [-0.25, -0.2) is 22.8 Å². The van der Waals surface area contributed by atoms with E-state index in [1.807, 2.05) is 0 Å². The lowest BCUT2D eigenvalue weighted by Crippen LogP contribution is -2.35. The number of nitrogens with one attached hydrogen (secondary N) is 3. The molecule has 4 rings (SSSR count). The standard InChI is InChI=1S/C23H28FN5O5S/c1-35(32,33)10-2-7-25-23(31)14-3-5-17-16(11-14)20-21(28-17)26-13-27-22(20)29-18-6-4-15(24)12-19(18)34-9-8-30/h4,6,12-14,30H,2-3,5,7-11H2,1H3,(H,25,31)(H2,26,27,28,29). The fourth-order valence-corrected chi connectivity index (χ4v) is 4.92. The van der Waals surface area contributed by atoms with Crippen LogP contribution in [0.25, 0.3) is 11.0 Å². The van der Waals surface area contributed by atoms with Crippen LogP contribution in [-0.4, -0.2) is 66.2 Å². The molecule has 1 aromatic carbocycles. The van der Waals surface area contributed by atoms with Crippen molar-refractivity contribution in [1.29, 1.82) is 0 Å². The van der Waals surface area contributed by atoms with Crippen LogP contribution in [0.2, 0.25) is 0 Å². The second-order valence-electron chi connectivity index (χ2n) is 8.58. The number of hydrogen-bond donors (Lipinski definition) is 4. The fraction of sp³-hybridized carbons (Fsp3) is 0.435. The summed E-state index contributed by atoms with van der Waals surface area (Å²) in [4.78, 5) is 24.8. The van der Waals surface area contributed by atoms with Gasteiger partial charge < -0.3 is 25.5 Å². The first-order valence-corrected chi connectivity index (χ1v) is 13.4. The number of halogens is 1. The van der Waals surface area contributed by atoms with Crippen LogP contribution < -0.4 is 15.4 Å². The van der Waals surface area contributed by atoms with E-state index >= 15 is 0 Å². The molecule has 4 N–H and O–H groups in total. The van der Waals surface area contributed by atoms with E-state index in [2.05, 4.69) is 25.6 Å². The second-order valence-corrected chi connectivity index (χ2v) is 10.8. The van der Waals surface area contributed by atoms with Crippen molar-refractivity contribution in [2.24, 2.45) is 5.92 Å². The number of fused-ring (bicyclic) bond motifs is 3. The Morgan fingerprint density at radius 2 is 2.17 bits per heavy atom. The summed E-state index contributed by atoms with van der Waals surface area (Å²) in [5.41, 5.74) is 3.03. The molecule has 2 aromatic heterocycles. The lowest BCUT2D eigenvalue weighted by atomic mass is 9.86. The SMILES string of the molecule is CS(=O)(=O)CCCNC(=O)C1CCc2[nH]c3ncnc(Nc4ccc(F)cc4OCCO)c3c2C1. The summed E-state index contributed by atoms with van der Waals surface area (Å²) in [6, 6.07) is 4.05. The van der Waals surface area contributed by atoms with Crippen LogP contribution in [0.4, 0.5) is 15.9 Å². The Balaban J connectivity index is 1.55. The molecule has 12 heteroatoms. The molecule has 1 aliphatic carbocycles. The van der Waals surface area contributed by atoms with Crippen molar-refractivity contribution >= 4 is 38.3 Å². The molecule has 1 amide bonds. The fourth-order valence-electron chi connectivity index (χ4n) is 4.25. The third-order valence-electron chi connectivity index (χ3n) is 5.88. The summed E-state index contributed by atoms with van der Waals surface area (Å²) < 4.78 is 41.8. The minimum atomic E-state index is -3.06. The first-order valence-electron chi connectivity index (χ1n) is 11.3. The largest absolute Gasteiger partial charge is 0.489 e. The molecule has 3 aromatic rings. The summed E-state index contributed by atoms with van der Waals surface area (Å²) in [7, 11) is -3.06. The lowest BCUT2D eigenvalue weighted by Gasteiger charge is -2.22. The molecular weight excluding hydrogens is 477 g/mol. The molecule has 188 valence electrons. The van der Waals surface area contributed by atoms with Gasteiger partial charge in [0.25, 0.3) is 0 Å². The van der Waals surface area contributed by atoms with Crippen molar-refractivity contribution in [2.45, 2.75) is 25.7 Å². The van der Waals surface area contributed by atoms with Crippen LogP contribution in [0.3, 0.4) is 0 Å². The number of nitrogens with zero attached hydrogens (tertiary/aromatic N) is 2. The summed E-state index contributed by atoms with van der Waals surface area (Å²) in [6.45, 7) is 0.106. The van der Waals surface area contributed by atoms with Crippen LogP contribution in [-0.2, 0) is 27.5 Å². The minimum absolute atomic E-state index is 0.0118. The number of H-pyrrole nitrogens is 1. The zero-order chi connectivity index (χ0) is 25.0. The second kappa shape index (κ2) is 10.6. The number of sulfone groups is 1. The molecule has 2 heterocycles. The molecule has 0 aliphatic heterocycles. The van der Waals surface area contributed by atoms with Gasteiger partial charge in [-0.3, -0.25) is 4.79 Å². The minimum Gasteiger partial charge on any atom is -0.489 e. The topological polar surface area (TPSA) is 146 Å². The van der Waals surface area contributed by atoms with Crippen LogP contribution in [0.15, 0.2) is 24.5 Å². The number of carbonyl (C=O) groups is 1. The zero-order valence-electron chi connectivity index (χ0n) is 19.3. The monoisotopic (exact) mass is 505 g/mol. The van der Waals surface area contributed by atoms with Crippen molar-refractivity contribution < 1.29 is 27.4 Å². The van der Waals surface area contributed by atoms with Crippen LogP contribution in [0.5, 0.6) is 5.75 Å². The maximum Gasteiger partial charge on any atom is 0.223 e. The highest BCUT2D eigenvalue weighted by Crippen LogP contribution is 2.36. The van der Waals surface area contributed by atoms with Gasteiger partial charge in [0.2, 0.25) is 5.91 Å². The van der Waals surface area contributed by atoms with E-state index in [1.165, 1.54) is 30.8 Å². The number of aromatic amines is 1. The van der Waals surface area contributed by atoms with Crippen LogP contribution >= 0.6 is 0 Å². The third kappa shape index (κ3) is 6.06. The van der Waals surface area contributed by atoms with Gasteiger partial charge in [0, 0.05) is 30.5 Å². The van der Waals surface area contributed by atoms with E-state index in [0.717, 1.165) is 16.6 Å². The number of benzene rings is 1. The summed E-state index contributed by atoms with van der Waals surface area (Å²) in [6.07, 6.45) is 4.76. The van der Waals surface area contributed by atoms with Crippen molar-refractivity contribution in [3.05, 3.63) is 41.6 Å². The number of aryl methyl sites for hydroxylation is 1. The summed E-state index contributed by atoms with van der Waals surface area (Å²) >= 11 is 0. The molecule has 0 saturated heterocycles. The maximum atomic E-state index is 13.8. The molecule has 35 heavy (non-hydrogen) atoms. The van der Waals surface area contributed by atoms with E-state index in [-0.39, 0.29) is 36.5 Å². The molecule has 1 atom stereocenters. The van der Waals surface area contributed by atoms with Gasteiger partial charge in [0.15, 0.2) is 0 Å². The Hall–Kier alpha value is -3.25. The highest BCUT2D eigenvalue weighted by molar-refractivity contribution is 7.90. The molecule has 0 radical (unpaired) electrons. The van der Waals surface area contributed by atoms with E-state index in [1.54, 1.807) is 0 Å². The zero-order valence-corrected chi connectivity index (χ0v) is 20.1. The first kappa shape index (κ1) is 24.9. The highest BCUT2D eigenvalue weighted by atomic mass is 32.2. The highest BCUT2D eigenvalue weighted by Gasteiger charge is 2.29. The predicted molar refractivity (Wildman–Crippen MR) is 129 cm³/mol. The Labute approximate surface area is 202 Å². The smallest absolute Gasteiger partial charge is 0.223 e. The van der Waals surface area contributed by atoms with Gasteiger partial charge in [-0.2, -0.15) is 0 Å². The van der Waals surface area contributed by atoms with Gasteiger partial charge in [0.1, 0.15) is 45.8 Å². The number of anilines is 2. The number of carbonyl (C=O) groups excluding carboxylic acids is 1. The molecule has 1 unspecified atom stereocenters. The van der Waals surface area contributed by atoms with Gasteiger partial charge in [0.05, 0.1) is 23.4 Å². The quantitative estimate of drug-likeness (QED) is 0.306. The molecule has 0 fully saturated rings. The molecule has 1 aliphatic rings. The van der Waals surface area contributed by atoms with Crippen molar-refractivity contribution in [2.75, 3.05) is 37.1 Å². The summed E-state index contributed by atoms with van der Waals surface area (Å²) in [5.74, 6) is -0.0841. The maximum absolute atomic E-state index is 13.8. The average molecular weight is 506 g/mol.